The number of nitrogens with zero attached hydrogens (tertiary/aromatic N) is 1. The van der Waals surface area contributed by atoms with Crippen molar-refractivity contribution in [3.8, 4) is 11.8 Å². The third kappa shape index (κ3) is 3.72. The fourth-order valence-corrected chi connectivity index (χ4v) is 1.45. The van der Waals surface area contributed by atoms with Crippen LogP contribution < -0.4 is 10.1 Å². The van der Waals surface area contributed by atoms with E-state index < -0.39 is 11.9 Å². The lowest BCUT2D eigenvalue weighted by Crippen LogP contribution is -2.24. The Morgan fingerprint density at radius 1 is 1.47 bits per heavy atom. The Labute approximate surface area is 101 Å². The average Bonchev–Trinajstić information content (AvgIpc) is 2.29. The molecule has 1 aromatic rings. The molecular weight excluding hydrogens is 219 g/mol. The standard InChI is InChI=1S/C13H17FN2O/c1-9(2)8-16-12(7-15)10-4-5-13(17-3)11(14)6-10/h4-6,9,12,16H,8H2,1-3H3. The van der Waals surface area contributed by atoms with Crippen LogP contribution >= 0.6 is 0 Å². The Bertz CT molecular complexity index is 412. The summed E-state index contributed by atoms with van der Waals surface area (Å²) >= 11 is 0. The van der Waals surface area contributed by atoms with E-state index in [0.717, 1.165) is 0 Å². The van der Waals surface area contributed by atoms with Gasteiger partial charge < -0.3 is 4.74 Å². The van der Waals surface area contributed by atoms with Crippen molar-refractivity contribution < 1.29 is 9.13 Å². The molecule has 0 radical (unpaired) electrons. The van der Waals surface area contributed by atoms with Gasteiger partial charge >= 0.3 is 0 Å². The van der Waals surface area contributed by atoms with Crippen molar-refractivity contribution in [2.75, 3.05) is 13.7 Å². The number of nitriles is 1. The van der Waals surface area contributed by atoms with Crippen molar-refractivity contribution in [2.24, 2.45) is 5.92 Å². The first kappa shape index (κ1) is 13.5. The number of nitrogens with one attached hydrogen (secondary N) is 1. The molecule has 0 saturated heterocycles. The van der Waals surface area contributed by atoms with E-state index in [0.29, 0.717) is 18.0 Å². The molecular formula is C13H17FN2O. The number of benzene rings is 1. The summed E-state index contributed by atoms with van der Waals surface area (Å²) in [4.78, 5) is 0. The van der Waals surface area contributed by atoms with Gasteiger partial charge in [-0.15, -0.1) is 0 Å². The van der Waals surface area contributed by atoms with Crippen LogP contribution in [0.1, 0.15) is 25.5 Å². The summed E-state index contributed by atoms with van der Waals surface area (Å²) in [7, 11) is 1.41. The van der Waals surface area contributed by atoms with Crippen LogP contribution in [0.5, 0.6) is 5.75 Å². The number of hydrogen-bond donors (Lipinski definition) is 1. The fraction of sp³-hybridized carbons (Fsp3) is 0.462. The maximum atomic E-state index is 13.5. The summed E-state index contributed by atoms with van der Waals surface area (Å²) in [5.74, 6) is 0.180. The third-order valence-corrected chi connectivity index (χ3v) is 2.37. The molecule has 3 nitrogen and oxygen atoms in total. The van der Waals surface area contributed by atoms with Crippen LogP contribution in [0, 0.1) is 23.1 Å². The predicted octanol–water partition coefficient (Wildman–Crippen LogP) is 2.64. The van der Waals surface area contributed by atoms with E-state index in [1.807, 2.05) is 0 Å². The smallest absolute Gasteiger partial charge is 0.165 e. The molecule has 1 aromatic carbocycles. The maximum absolute atomic E-state index is 13.5. The molecule has 1 N–H and O–H groups in total. The number of halogens is 1. The van der Waals surface area contributed by atoms with Gasteiger partial charge in [-0.2, -0.15) is 5.26 Å². The van der Waals surface area contributed by atoms with E-state index in [-0.39, 0.29) is 5.75 Å². The Kier molecular flexibility index (Phi) is 4.92. The van der Waals surface area contributed by atoms with Crippen molar-refractivity contribution in [2.45, 2.75) is 19.9 Å². The van der Waals surface area contributed by atoms with Gasteiger partial charge in [-0.05, 0) is 30.2 Å². The summed E-state index contributed by atoms with van der Waals surface area (Å²) in [5.41, 5.74) is 0.617. The summed E-state index contributed by atoms with van der Waals surface area (Å²) in [6, 6.07) is 6.20. The molecule has 17 heavy (non-hydrogen) atoms. The first-order valence-electron chi connectivity index (χ1n) is 5.55. The van der Waals surface area contributed by atoms with Gasteiger partial charge in [0.15, 0.2) is 11.6 Å². The first-order valence-corrected chi connectivity index (χ1v) is 5.55. The van der Waals surface area contributed by atoms with Crippen LogP contribution in [0.4, 0.5) is 4.39 Å². The number of rotatable bonds is 5. The van der Waals surface area contributed by atoms with E-state index in [4.69, 9.17) is 10.00 Å². The third-order valence-electron chi connectivity index (χ3n) is 2.37. The highest BCUT2D eigenvalue weighted by Crippen LogP contribution is 2.21. The van der Waals surface area contributed by atoms with Crippen molar-refractivity contribution in [1.29, 1.82) is 5.26 Å². The SMILES string of the molecule is COc1ccc(C(C#N)NCC(C)C)cc1F. The maximum Gasteiger partial charge on any atom is 0.165 e. The summed E-state index contributed by atoms with van der Waals surface area (Å²) in [5, 5.41) is 12.1. The predicted molar refractivity (Wildman–Crippen MR) is 64.1 cm³/mol. The number of methoxy groups -OCH3 is 1. The van der Waals surface area contributed by atoms with E-state index >= 15 is 0 Å². The Balaban J connectivity index is 2.83. The van der Waals surface area contributed by atoms with E-state index in [1.165, 1.54) is 19.2 Å². The molecule has 92 valence electrons. The summed E-state index contributed by atoms with van der Waals surface area (Å²) < 4.78 is 18.3. The molecule has 0 saturated carbocycles. The molecule has 0 aromatic heterocycles. The van der Waals surface area contributed by atoms with Gasteiger partial charge in [0.05, 0.1) is 13.2 Å². The molecule has 0 bridgehead atoms. The zero-order chi connectivity index (χ0) is 12.8. The Morgan fingerprint density at radius 3 is 2.65 bits per heavy atom. The molecule has 0 fully saturated rings. The second kappa shape index (κ2) is 6.21. The van der Waals surface area contributed by atoms with Crippen LogP contribution in [-0.2, 0) is 0 Å². The normalized spacial score (nSPS) is 12.2. The Morgan fingerprint density at radius 2 is 2.18 bits per heavy atom. The van der Waals surface area contributed by atoms with E-state index in [9.17, 15) is 4.39 Å². The van der Waals surface area contributed by atoms with E-state index in [1.54, 1.807) is 6.07 Å². The number of ether oxygens (including phenoxy) is 1. The molecule has 0 aliphatic heterocycles. The van der Waals surface area contributed by atoms with Crippen LogP contribution in [0.25, 0.3) is 0 Å². The second-order valence-electron chi connectivity index (χ2n) is 4.26. The summed E-state index contributed by atoms with van der Waals surface area (Å²) in [6.45, 7) is 4.82. The molecule has 1 unspecified atom stereocenters. The highest BCUT2D eigenvalue weighted by molar-refractivity contribution is 5.33. The largest absolute Gasteiger partial charge is 0.494 e. The molecule has 0 aliphatic rings. The molecule has 1 rings (SSSR count). The van der Waals surface area contributed by atoms with Gasteiger partial charge in [-0.3, -0.25) is 5.32 Å². The van der Waals surface area contributed by atoms with Crippen LogP contribution in [0.15, 0.2) is 18.2 Å². The highest BCUT2D eigenvalue weighted by Gasteiger charge is 2.13. The lowest BCUT2D eigenvalue weighted by Gasteiger charge is -2.14. The lowest BCUT2D eigenvalue weighted by atomic mass is 10.1. The molecule has 0 aliphatic carbocycles. The van der Waals surface area contributed by atoms with Crippen molar-refractivity contribution in [3.63, 3.8) is 0 Å². The molecule has 0 heterocycles. The monoisotopic (exact) mass is 236 g/mol. The number of hydrogen-bond acceptors (Lipinski definition) is 3. The second-order valence-corrected chi connectivity index (χ2v) is 4.26. The molecule has 0 amide bonds. The minimum atomic E-state index is -0.488. The minimum Gasteiger partial charge on any atom is -0.494 e. The summed E-state index contributed by atoms with van der Waals surface area (Å²) in [6.07, 6.45) is 0. The molecule has 1 atom stereocenters. The van der Waals surface area contributed by atoms with Gasteiger partial charge in [0.2, 0.25) is 0 Å². The quantitative estimate of drug-likeness (QED) is 0.854. The van der Waals surface area contributed by atoms with Crippen molar-refractivity contribution in [1.82, 2.24) is 5.32 Å². The van der Waals surface area contributed by atoms with Crippen LogP contribution in [-0.4, -0.2) is 13.7 Å². The van der Waals surface area contributed by atoms with Crippen LogP contribution in [0.2, 0.25) is 0 Å². The van der Waals surface area contributed by atoms with Gasteiger partial charge in [0, 0.05) is 0 Å². The van der Waals surface area contributed by atoms with Crippen LogP contribution in [0.3, 0.4) is 0 Å². The fourth-order valence-electron chi connectivity index (χ4n) is 1.45. The molecule has 4 heteroatoms. The Hall–Kier alpha value is -1.60. The first-order chi connectivity index (χ1) is 8.08. The topological polar surface area (TPSA) is 45.0 Å². The van der Waals surface area contributed by atoms with Gasteiger partial charge in [0.25, 0.3) is 0 Å². The van der Waals surface area contributed by atoms with Crippen molar-refractivity contribution >= 4 is 0 Å². The minimum absolute atomic E-state index is 0.189. The lowest BCUT2D eigenvalue weighted by molar-refractivity contribution is 0.385. The van der Waals surface area contributed by atoms with Gasteiger partial charge in [-0.1, -0.05) is 19.9 Å². The zero-order valence-corrected chi connectivity index (χ0v) is 10.3. The zero-order valence-electron chi connectivity index (χ0n) is 10.3. The molecule has 0 spiro atoms. The van der Waals surface area contributed by atoms with Crippen molar-refractivity contribution in [3.05, 3.63) is 29.6 Å². The van der Waals surface area contributed by atoms with Gasteiger partial charge in [0.1, 0.15) is 6.04 Å². The average molecular weight is 236 g/mol. The highest BCUT2D eigenvalue weighted by atomic mass is 19.1. The van der Waals surface area contributed by atoms with Gasteiger partial charge in [-0.25, -0.2) is 4.39 Å². The van der Waals surface area contributed by atoms with E-state index in [2.05, 4.69) is 25.2 Å².